The highest BCUT2D eigenvalue weighted by molar-refractivity contribution is 8.00. The van der Waals surface area contributed by atoms with E-state index >= 15 is 0 Å². The topological polar surface area (TPSA) is 21.3 Å². The lowest BCUT2D eigenvalue weighted by Crippen LogP contribution is -2.32. The highest BCUT2D eigenvalue weighted by atomic mass is 32.2. The van der Waals surface area contributed by atoms with Gasteiger partial charge in [-0.1, -0.05) is 44.5 Å². The number of rotatable bonds is 8. The van der Waals surface area contributed by atoms with Gasteiger partial charge in [-0.3, -0.25) is 0 Å². The second-order valence-electron chi connectivity index (χ2n) is 5.09. The summed E-state index contributed by atoms with van der Waals surface area (Å²) >= 11 is 2.03. The Bertz CT molecular complexity index is 362. The molecule has 1 aliphatic rings. The number of benzene rings is 1. The largest absolute Gasteiger partial charge is 0.379 e. The molecule has 0 aliphatic carbocycles. The van der Waals surface area contributed by atoms with Crippen LogP contribution in [0.2, 0.25) is 0 Å². The quantitative estimate of drug-likeness (QED) is 0.788. The van der Waals surface area contributed by atoms with Crippen molar-refractivity contribution < 1.29 is 4.74 Å². The van der Waals surface area contributed by atoms with Crippen molar-refractivity contribution in [1.29, 1.82) is 0 Å². The van der Waals surface area contributed by atoms with Crippen LogP contribution in [0.25, 0.3) is 0 Å². The molecule has 0 bridgehead atoms. The second-order valence-corrected chi connectivity index (χ2v) is 6.43. The molecule has 0 aromatic heterocycles. The third-order valence-corrected chi connectivity index (χ3v) is 4.75. The number of hydrogen-bond acceptors (Lipinski definition) is 3. The summed E-state index contributed by atoms with van der Waals surface area (Å²) in [5, 5.41) is 4.30. The smallest absolute Gasteiger partial charge is 0.0607 e. The standard InChI is InChI=1S/C16H25NOS/c1-3-5-13-6-8-14(9-7-13)16(17-4-2)12-19-15-10-18-11-15/h6-9,15-17H,3-5,10-12H2,1-2H3. The van der Waals surface area contributed by atoms with Gasteiger partial charge in [0, 0.05) is 11.8 Å². The molecule has 1 aliphatic heterocycles. The Kier molecular flexibility index (Phi) is 6.21. The zero-order valence-electron chi connectivity index (χ0n) is 12.0. The van der Waals surface area contributed by atoms with Crippen molar-refractivity contribution >= 4 is 11.8 Å². The van der Waals surface area contributed by atoms with E-state index in [1.54, 1.807) is 0 Å². The first-order valence-corrected chi connectivity index (χ1v) is 8.40. The lowest BCUT2D eigenvalue weighted by atomic mass is 10.0. The molecular weight excluding hydrogens is 254 g/mol. The Balaban J connectivity index is 1.91. The van der Waals surface area contributed by atoms with Crippen molar-refractivity contribution in [3.63, 3.8) is 0 Å². The zero-order valence-corrected chi connectivity index (χ0v) is 12.8. The molecule has 2 rings (SSSR count). The van der Waals surface area contributed by atoms with Crippen molar-refractivity contribution in [3.8, 4) is 0 Å². The molecule has 0 radical (unpaired) electrons. The second kappa shape index (κ2) is 7.93. The van der Waals surface area contributed by atoms with E-state index < -0.39 is 0 Å². The van der Waals surface area contributed by atoms with Gasteiger partial charge in [0.2, 0.25) is 0 Å². The fourth-order valence-corrected chi connectivity index (χ4v) is 3.43. The monoisotopic (exact) mass is 279 g/mol. The maximum atomic E-state index is 5.23. The molecule has 1 saturated heterocycles. The van der Waals surface area contributed by atoms with Crippen LogP contribution in [-0.4, -0.2) is 30.8 Å². The van der Waals surface area contributed by atoms with Crippen LogP contribution in [0.3, 0.4) is 0 Å². The maximum absolute atomic E-state index is 5.23. The highest BCUT2D eigenvalue weighted by Crippen LogP contribution is 2.25. The zero-order chi connectivity index (χ0) is 13.5. The molecule has 0 saturated carbocycles. The molecule has 106 valence electrons. The third-order valence-electron chi connectivity index (χ3n) is 3.48. The van der Waals surface area contributed by atoms with Crippen LogP contribution in [0.5, 0.6) is 0 Å². The van der Waals surface area contributed by atoms with Gasteiger partial charge in [0.15, 0.2) is 0 Å². The Morgan fingerprint density at radius 2 is 2.00 bits per heavy atom. The lowest BCUT2D eigenvalue weighted by molar-refractivity contribution is 0.0455. The SMILES string of the molecule is CCCc1ccc(C(CSC2COC2)NCC)cc1. The summed E-state index contributed by atoms with van der Waals surface area (Å²) < 4.78 is 5.23. The Labute approximate surface area is 121 Å². The molecule has 3 heteroatoms. The first kappa shape index (κ1) is 14.9. The average molecular weight is 279 g/mol. The van der Waals surface area contributed by atoms with Gasteiger partial charge < -0.3 is 10.1 Å². The molecule has 2 nitrogen and oxygen atoms in total. The molecular formula is C16H25NOS. The summed E-state index contributed by atoms with van der Waals surface area (Å²) in [6, 6.07) is 9.60. The minimum atomic E-state index is 0.464. The molecule has 0 spiro atoms. The molecule has 0 amide bonds. The Hall–Kier alpha value is -0.510. The van der Waals surface area contributed by atoms with E-state index in [2.05, 4.69) is 43.4 Å². The Morgan fingerprint density at radius 3 is 2.53 bits per heavy atom. The minimum Gasteiger partial charge on any atom is -0.379 e. The van der Waals surface area contributed by atoms with Gasteiger partial charge in [-0.2, -0.15) is 11.8 Å². The van der Waals surface area contributed by atoms with Gasteiger partial charge in [0.25, 0.3) is 0 Å². The number of aryl methyl sites for hydroxylation is 1. The van der Waals surface area contributed by atoms with Crippen LogP contribution in [0, 0.1) is 0 Å². The molecule has 1 N–H and O–H groups in total. The average Bonchev–Trinajstić information content (AvgIpc) is 2.37. The van der Waals surface area contributed by atoms with Gasteiger partial charge in [-0.05, 0) is 24.1 Å². The number of thioether (sulfide) groups is 1. The van der Waals surface area contributed by atoms with Crippen molar-refractivity contribution in [3.05, 3.63) is 35.4 Å². The van der Waals surface area contributed by atoms with Gasteiger partial charge in [0.1, 0.15) is 0 Å². The number of nitrogens with one attached hydrogen (secondary N) is 1. The van der Waals surface area contributed by atoms with Crippen LogP contribution < -0.4 is 5.32 Å². The maximum Gasteiger partial charge on any atom is 0.0607 e. The molecule has 19 heavy (non-hydrogen) atoms. The summed E-state index contributed by atoms with van der Waals surface area (Å²) in [6.45, 7) is 7.28. The van der Waals surface area contributed by atoms with Crippen LogP contribution in [-0.2, 0) is 11.2 Å². The summed E-state index contributed by atoms with van der Waals surface area (Å²) in [6.07, 6.45) is 2.40. The molecule has 1 aromatic carbocycles. The predicted molar refractivity (Wildman–Crippen MR) is 83.9 cm³/mol. The predicted octanol–water partition coefficient (Wildman–Crippen LogP) is 3.42. The fraction of sp³-hybridized carbons (Fsp3) is 0.625. The summed E-state index contributed by atoms with van der Waals surface area (Å²) in [7, 11) is 0. The lowest BCUT2D eigenvalue weighted by Gasteiger charge is -2.27. The fourth-order valence-electron chi connectivity index (χ4n) is 2.27. The van der Waals surface area contributed by atoms with Crippen molar-refractivity contribution in [2.24, 2.45) is 0 Å². The summed E-state index contributed by atoms with van der Waals surface area (Å²) in [4.78, 5) is 0. The van der Waals surface area contributed by atoms with Crippen molar-refractivity contribution in [1.82, 2.24) is 5.32 Å². The van der Waals surface area contributed by atoms with Crippen molar-refractivity contribution in [2.75, 3.05) is 25.5 Å². The van der Waals surface area contributed by atoms with E-state index in [4.69, 9.17) is 4.74 Å². The summed E-state index contributed by atoms with van der Waals surface area (Å²) in [5.74, 6) is 1.13. The molecule has 1 heterocycles. The molecule has 1 fully saturated rings. The minimum absolute atomic E-state index is 0.464. The van der Waals surface area contributed by atoms with Crippen LogP contribution >= 0.6 is 11.8 Å². The third kappa shape index (κ3) is 4.51. The van der Waals surface area contributed by atoms with Gasteiger partial charge in [-0.25, -0.2) is 0 Å². The number of ether oxygens (including phenoxy) is 1. The van der Waals surface area contributed by atoms with E-state index in [1.165, 1.54) is 24.0 Å². The van der Waals surface area contributed by atoms with Gasteiger partial charge >= 0.3 is 0 Å². The van der Waals surface area contributed by atoms with E-state index in [-0.39, 0.29) is 0 Å². The highest BCUT2D eigenvalue weighted by Gasteiger charge is 2.21. The molecule has 1 aromatic rings. The van der Waals surface area contributed by atoms with E-state index in [9.17, 15) is 0 Å². The molecule has 1 unspecified atom stereocenters. The number of hydrogen-bond donors (Lipinski definition) is 1. The van der Waals surface area contributed by atoms with Crippen molar-refractivity contribution in [2.45, 2.75) is 38.0 Å². The van der Waals surface area contributed by atoms with Crippen LogP contribution in [0.1, 0.15) is 37.4 Å². The van der Waals surface area contributed by atoms with E-state index in [0.717, 1.165) is 25.5 Å². The van der Waals surface area contributed by atoms with Gasteiger partial charge in [0.05, 0.1) is 18.5 Å². The summed E-state index contributed by atoms with van der Waals surface area (Å²) in [5.41, 5.74) is 2.86. The van der Waals surface area contributed by atoms with E-state index in [1.807, 2.05) is 11.8 Å². The first-order valence-electron chi connectivity index (χ1n) is 7.35. The van der Waals surface area contributed by atoms with Gasteiger partial charge in [-0.15, -0.1) is 0 Å². The van der Waals surface area contributed by atoms with E-state index in [0.29, 0.717) is 11.3 Å². The Morgan fingerprint density at radius 1 is 1.26 bits per heavy atom. The molecule has 1 atom stereocenters. The van der Waals surface area contributed by atoms with Crippen LogP contribution in [0.4, 0.5) is 0 Å². The normalized spacial score (nSPS) is 17.2. The van der Waals surface area contributed by atoms with Crippen LogP contribution in [0.15, 0.2) is 24.3 Å². The first-order chi connectivity index (χ1) is 9.33.